The molecule has 0 heterocycles. The van der Waals surface area contributed by atoms with E-state index < -0.39 is 9.84 Å². The highest BCUT2D eigenvalue weighted by atomic mass is 35.5. The number of sulfone groups is 1. The predicted octanol–water partition coefficient (Wildman–Crippen LogP) is 1.74. The number of halogens is 1. The predicted molar refractivity (Wildman–Crippen MR) is 65.7 cm³/mol. The summed E-state index contributed by atoms with van der Waals surface area (Å²) in [6.45, 7) is 0.318. The molecule has 0 bridgehead atoms. The molecule has 0 radical (unpaired) electrons. The van der Waals surface area contributed by atoms with Crippen LogP contribution in [0.4, 0.5) is 5.69 Å². The van der Waals surface area contributed by atoms with Crippen LogP contribution in [0.1, 0.15) is 6.42 Å². The Kier molecular flexibility index (Phi) is 4.44. The second-order valence-electron chi connectivity index (χ2n) is 3.51. The Morgan fingerprint density at radius 1 is 1.44 bits per heavy atom. The summed E-state index contributed by atoms with van der Waals surface area (Å²) in [7, 11) is -2.93. The zero-order valence-corrected chi connectivity index (χ0v) is 10.5. The third-order valence-corrected chi connectivity index (χ3v) is 3.15. The molecule has 0 atom stereocenters. The minimum absolute atomic E-state index is 0.112. The molecule has 0 amide bonds. The van der Waals surface area contributed by atoms with Crippen molar-refractivity contribution in [1.82, 2.24) is 0 Å². The van der Waals surface area contributed by atoms with Crippen LogP contribution in [-0.2, 0) is 9.84 Å². The van der Waals surface area contributed by atoms with Crippen LogP contribution < -0.4 is 10.5 Å². The fourth-order valence-corrected chi connectivity index (χ4v) is 1.98. The van der Waals surface area contributed by atoms with Gasteiger partial charge in [0.2, 0.25) is 0 Å². The van der Waals surface area contributed by atoms with E-state index in [0.29, 0.717) is 29.5 Å². The van der Waals surface area contributed by atoms with Crippen molar-refractivity contribution < 1.29 is 13.2 Å². The molecule has 0 spiro atoms. The summed E-state index contributed by atoms with van der Waals surface area (Å²) >= 11 is 5.72. The number of hydrogen-bond donors (Lipinski definition) is 1. The van der Waals surface area contributed by atoms with E-state index in [9.17, 15) is 8.42 Å². The summed E-state index contributed by atoms with van der Waals surface area (Å²) in [5.41, 5.74) is 6.11. The molecule has 1 aromatic carbocycles. The molecule has 2 N–H and O–H groups in total. The Hall–Kier alpha value is -0.940. The van der Waals surface area contributed by atoms with Gasteiger partial charge < -0.3 is 10.5 Å². The normalized spacial score (nSPS) is 11.4. The van der Waals surface area contributed by atoms with Gasteiger partial charge >= 0.3 is 0 Å². The van der Waals surface area contributed by atoms with Gasteiger partial charge in [-0.05, 0) is 24.6 Å². The zero-order valence-electron chi connectivity index (χ0n) is 8.94. The number of nitrogen functional groups attached to an aromatic ring is 1. The highest BCUT2D eigenvalue weighted by molar-refractivity contribution is 7.90. The third-order valence-electron chi connectivity index (χ3n) is 1.89. The van der Waals surface area contributed by atoms with Crippen molar-refractivity contribution in [3.8, 4) is 5.75 Å². The van der Waals surface area contributed by atoms with Gasteiger partial charge in [-0.1, -0.05) is 11.6 Å². The van der Waals surface area contributed by atoms with Crippen molar-refractivity contribution in [2.75, 3.05) is 24.3 Å². The largest absolute Gasteiger partial charge is 0.491 e. The number of ether oxygens (including phenoxy) is 1. The molecule has 0 saturated carbocycles. The van der Waals surface area contributed by atoms with Crippen molar-refractivity contribution in [3.05, 3.63) is 23.2 Å². The van der Waals surface area contributed by atoms with Crippen LogP contribution in [0.25, 0.3) is 0 Å². The Morgan fingerprint density at radius 2 is 2.12 bits per heavy atom. The molecule has 0 unspecified atom stereocenters. The van der Waals surface area contributed by atoms with Gasteiger partial charge in [0.15, 0.2) is 0 Å². The van der Waals surface area contributed by atoms with E-state index >= 15 is 0 Å². The maximum absolute atomic E-state index is 10.9. The van der Waals surface area contributed by atoms with Gasteiger partial charge in [0.25, 0.3) is 0 Å². The molecule has 90 valence electrons. The standard InChI is InChI=1S/C10H14ClNO3S/c1-16(13,14)6-2-5-15-10-4-3-8(11)7-9(10)12/h3-4,7H,2,5-6,12H2,1H3. The van der Waals surface area contributed by atoms with Crippen LogP contribution in [0, 0.1) is 0 Å². The summed E-state index contributed by atoms with van der Waals surface area (Å²) in [6.07, 6.45) is 1.64. The van der Waals surface area contributed by atoms with Crippen molar-refractivity contribution in [3.63, 3.8) is 0 Å². The fourth-order valence-electron chi connectivity index (χ4n) is 1.15. The second kappa shape index (κ2) is 5.41. The highest BCUT2D eigenvalue weighted by Gasteiger charge is 2.04. The molecule has 16 heavy (non-hydrogen) atoms. The lowest BCUT2D eigenvalue weighted by atomic mass is 10.3. The number of hydrogen-bond acceptors (Lipinski definition) is 4. The maximum Gasteiger partial charge on any atom is 0.147 e. The van der Waals surface area contributed by atoms with Gasteiger partial charge in [0.1, 0.15) is 15.6 Å². The highest BCUT2D eigenvalue weighted by Crippen LogP contribution is 2.24. The van der Waals surface area contributed by atoms with E-state index in [4.69, 9.17) is 22.1 Å². The van der Waals surface area contributed by atoms with Gasteiger partial charge in [-0.2, -0.15) is 0 Å². The second-order valence-corrected chi connectivity index (χ2v) is 6.21. The van der Waals surface area contributed by atoms with E-state index in [1.165, 1.54) is 6.26 Å². The first kappa shape index (κ1) is 13.1. The minimum atomic E-state index is -2.93. The van der Waals surface area contributed by atoms with Crippen molar-refractivity contribution in [1.29, 1.82) is 0 Å². The lowest BCUT2D eigenvalue weighted by Gasteiger charge is -2.08. The lowest BCUT2D eigenvalue weighted by molar-refractivity contribution is 0.319. The molecule has 0 aliphatic rings. The van der Waals surface area contributed by atoms with Crippen molar-refractivity contribution in [2.24, 2.45) is 0 Å². The van der Waals surface area contributed by atoms with Gasteiger partial charge in [-0.15, -0.1) is 0 Å². The van der Waals surface area contributed by atoms with E-state index in [-0.39, 0.29) is 5.75 Å². The fraction of sp³-hybridized carbons (Fsp3) is 0.400. The molecular weight excluding hydrogens is 250 g/mol. The van der Waals surface area contributed by atoms with Gasteiger partial charge in [0.05, 0.1) is 18.0 Å². The van der Waals surface area contributed by atoms with E-state index in [1.54, 1.807) is 18.2 Å². The van der Waals surface area contributed by atoms with Gasteiger partial charge in [0, 0.05) is 11.3 Å². The summed E-state index contributed by atoms with van der Waals surface area (Å²) in [4.78, 5) is 0. The Labute approximate surface area is 100 Å². The molecular formula is C10H14ClNO3S. The average molecular weight is 264 g/mol. The number of anilines is 1. The molecule has 0 aromatic heterocycles. The molecule has 0 fully saturated rings. The summed E-state index contributed by atoms with van der Waals surface area (Å²) < 4.78 is 27.1. The number of nitrogens with two attached hydrogens (primary N) is 1. The number of rotatable bonds is 5. The number of benzene rings is 1. The first-order chi connectivity index (χ1) is 7.38. The van der Waals surface area contributed by atoms with Crippen LogP contribution >= 0.6 is 11.6 Å². The summed E-state index contributed by atoms with van der Waals surface area (Å²) in [6, 6.07) is 4.93. The molecule has 0 saturated heterocycles. The van der Waals surface area contributed by atoms with Crippen LogP contribution in [0.5, 0.6) is 5.75 Å². The Balaban J connectivity index is 2.43. The smallest absolute Gasteiger partial charge is 0.147 e. The van der Waals surface area contributed by atoms with E-state index in [0.717, 1.165) is 0 Å². The quantitative estimate of drug-likeness (QED) is 0.649. The summed E-state index contributed by atoms with van der Waals surface area (Å²) in [5, 5.41) is 0.543. The monoisotopic (exact) mass is 263 g/mol. The molecule has 1 rings (SSSR count). The van der Waals surface area contributed by atoms with Gasteiger partial charge in [-0.3, -0.25) is 0 Å². The lowest BCUT2D eigenvalue weighted by Crippen LogP contribution is -2.08. The van der Waals surface area contributed by atoms with E-state index in [1.807, 2.05) is 0 Å². The average Bonchev–Trinajstić information content (AvgIpc) is 2.13. The first-order valence-corrected chi connectivity index (χ1v) is 7.18. The van der Waals surface area contributed by atoms with Crippen molar-refractivity contribution in [2.45, 2.75) is 6.42 Å². The molecule has 1 aromatic rings. The molecule has 0 aliphatic carbocycles. The molecule has 0 aliphatic heterocycles. The maximum atomic E-state index is 10.9. The Bertz CT molecular complexity index is 459. The van der Waals surface area contributed by atoms with Crippen LogP contribution in [0.3, 0.4) is 0 Å². The van der Waals surface area contributed by atoms with E-state index in [2.05, 4.69) is 0 Å². The van der Waals surface area contributed by atoms with Gasteiger partial charge in [-0.25, -0.2) is 8.42 Å². The van der Waals surface area contributed by atoms with Crippen LogP contribution in [0.15, 0.2) is 18.2 Å². The molecule has 4 nitrogen and oxygen atoms in total. The third kappa shape index (κ3) is 4.72. The van der Waals surface area contributed by atoms with Crippen molar-refractivity contribution >= 4 is 27.1 Å². The first-order valence-electron chi connectivity index (χ1n) is 4.74. The zero-order chi connectivity index (χ0) is 12.2. The van der Waals surface area contributed by atoms with Crippen LogP contribution in [0.2, 0.25) is 5.02 Å². The van der Waals surface area contributed by atoms with Crippen LogP contribution in [-0.4, -0.2) is 27.0 Å². The minimum Gasteiger partial charge on any atom is -0.491 e. The summed E-state index contributed by atoms with van der Waals surface area (Å²) in [5.74, 6) is 0.637. The SMILES string of the molecule is CS(=O)(=O)CCCOc1ccc(Cl)cc1N. The molecule has 6 heteroatoms. The Morgan fingerprint density at radius 3 is 2.69 bits per heavy atom. The topological polar surface area (TPSA) is 69.4 Å².